The van der Waals surface area contributed by atoms with Gasteiger partial charge in [-0.1, -0.05) is 13.0 Å². The van der Waals surface area contributed by atoms with Gasteiger partial charge >= 0.3 is 0 Å². The van der Waals surface area contributed by atoms with Crippen molar-refractivity contribution < 1.29 is 0 Å². The van der Waals surface area contributed by atoms with Crippen LogP contribution in [0.15, 0.2) is 22.7 Å². The second kappa shape index (κ2) is 4.76. The van der Waals surface area contributed by atoms with Crippen molar-refractivity contribution in [1.82, 2.24) is 0 Å². The monoisotopic (exact) mass is 282 g/mol. The fourth-order valence-corrected chi connectivity index (χ4v) is 3.20. The average molecular weight is 283 g/mol. The zero-order chi connectivity index (χ0) is 11.7. The molecule has 88 valence electrons. The van der Waals surface area contributed by atoms with Crippen LogP contribution in [0.3, 0.4) is 0 Å². The Morgan fingerprint density at radius 1 is 1.44 bits per heavy atom. The van der Waals surface area contributed by atoms with Crippen LogP contribution >= 0.6 is 15.9 Å². The van der Waals surface area contributed by atoms with E-state index in [1.165, 1.54) is 17.7 Å². The molecule has 0 spiro atoms. The van der Waals surface area contributed by atoms with E-state index in [-0.39, 0.29) is 0 Å². The molecule has 0 radical (unpaired) electrons. The molecule has 0 amide bonds. The van der Waals surface area contributed by atoms with Crippen molar-refractivity contribution in [3.8, 4) is 0 Å². The molecule has 3 heteroatoms. The van der Waals surface area contributed by atoms with Gasteiger partial charge in [0.25, 0.3) is 0 Å². The van der Waals surface area contributed by atoms with Gasteiger partial charge in [-0.15, -0.1) is 0 Å². The van der Waals surface area contributed by atoms with Crippen molar-refractivity contribution in [2.75, 3.05) is 11.4 Å². The zero-order valence-electron chi connectivity index (χ0n) is 9.91. The third kappa shape index (κ3) is 2.25. The molecule has 1 aliphatic heterocycles. The highest BCUT2D eigenvalue weighted by Crippen LogP contribution is 2.34. The van der Waals surface area contributed by atoms with Crippen LogP contribution in [0.2, 0.25) is 0 Å². The molecule has 1 aromatic rings. The van der Waals surface area contributed by atoms with Crippen molar-refractivity contribution in [1.29, 1.82) is 0 Å². The van der Waals surface area contributed by atoms with Gasteiger partial charge in [-0.3, -0.25) is 0 Å². The number of hydrogen-bond acceptors (Lipinski definition) is 2. The molecule has 1 heterocycles. The summed E-state index contributed by atoms with van der Waals surface area (Å²) >= 11 is 3.65. The van der Waals surface area contributed by atoms with Crippen molar-refractivity contribution in [2.45, 2.75) is 32.9 Å². The Bertz CT molecular complexity index is 378. The predicted molar refractivity (Wildman–Crippen MR) is 72.6 cm³/mol. The Kier molecular flexibility index (Phi) is 3.55. The van der Waals surface area contributed by atoms with Crippen molar-refractivity contribution >= 4 is 21.6 Å². The van der Waals surface area contributed by atoms with E-state index >= 15 is 0 Å². The SMILES string of the molecule is CC1CC(C)N(c2ccc(CN)cc2Br)C1. The predicted octanol–water partition coefficient (Wildman–Crippen LogP) is 3.14. The van der Waals surface area contributed by atoms with Gasteiger partial charge in [0.15, 0.2) is 0 Å². The fraction of sp³-hybridized carbons (Fsp3) is 0.538. The molecule has 1 fully saturated rings. The lowest BCUT2D eigenvalue weighted by Gasteiger charge is -2.25. The quantitative estimate of drug-likeness (QED) is 0.903. The van der Waals surface area contributed by atoms with Crippen LogP contribution in [-0.2, 0) is 6.54 Å². The van der Waals surface area contributed by atoms with Crippen LogP contribution in [0.25, 0.3) is 0 Å². The minimum Gasteiger partial charge on any atom is -0.368 e. The van der Waals surface area contributed by atoms with Crippen LogP contribution in [0, 0.1) is 5.92 Å². The molecule has 0 saturated carbocycles. The Morgan fingerprint density at radius 2 is 2.19 bits per heavy atom. The van der Waals surface area contributed by atoms with Crippen LogP contribution in [0.5, 0.6) is 0 Å². The molecule has 2 nitrogen and oxygen atoms in total. The number of rotatable bonds is 2. The minimum atomic E-state index is 0.602. The molecule has 0 aliphatic carbocycles. The zero-order valence-corrected chi connectivity index (χ0v) is 11.5. The van der Waals surface area contributed by atoms with Gasteiger partial charge in [-0.2, -0.15) is 0 Å². The molecule has 0 aromatic heterocycles. The molecule has 2 rings (SSSR count). The van der Waals surface area contributed by atoms with Crippen molar-refractivity contribution in [3.05, 3.63) is 28.2 Å². The summed E-state index contributed by atoms with van der Waals surface area (Å²) in [6.45, 7) is 6.37. The van der Waals surface area contributed by atoms with E-state index in [0.29, 0.717) is 12.6 Å². The summed E-state index contributed by atoms with van der Waals surface area (Å²) in [5, 5.41) is 0. The molecule has 1 aliphatic rings. The number of nitrogens with two attached hydrogens (primary N) is 1. The summed E-state index contributed by atoms with van der Waals surface area (Å²) in [6.07, 6.45) is 1.28. The van der Waals surface area contributed by atoms with E-state index in [2.05, 4.69) is 52.9 Å². The normalized spacial score (nSPS) is 25.1. The molecule has 2 atom stereocenters. The summed E-state index contributed by atoms with van der Waals surface area (Å²) in [6, 6.07) is 7.07. The van der Waals surface area contributed by atoms with E-state index < -0.39 is 0 Å². The first-order chi connectivity index (χ1) is 7.61. The average Bonchev–Trinajstić information content (AvgIpc) is 2.57. The van der Waals surface area contributed by atoms with Gasteiger partial charge in [-0.25, -0.2) is 0 Å². The molecular formula is C13H19BrN2. The highest BCUT2D eigenvalue weighted by Gasteiger charge is 2.27. The molecular weight excluding hydrogens is 264 g/mol. The van der Waals surface area contributed by atoms with Crippen molar-refractivity contribution in [2.24, 2.45) is 11.7 Å². The van der Waals surface area contributed by atoms with Gasteiger partial charge in [-0.05, 0) is 52.9 Å². The number of nitrogens with zero attached hydrogens (tertiary/aromatic N) is 1. The van der Waals surface area contributed by atoms with Crippen molar-refractivity contribution in [3.63, 3.8) is 0 Å². The van der Waals surface area contributed by atoms with Crippen LogP contribution in [-0.4, -0.2) is 12.6 Å². The maximum atomic E-state index is 5.64. The smallest absolute Gasteiger partial charge is 0.0513 e. The van der Waals surface area contributed by atoms with Gasteiger partial charge < -0.3 is 10.6 Å². The van der Waals surface area contributed by atoms with Crippen LogP contribution < -0.4 is 10.6 Å². The van der Waals surface area contributed by atoms with Gasteiger partial charge in [0.05, 0.1) is 5.69 Å². The van der Waals surface area contributed by atoms with Crippen LogP contribution in [0.4, 0.5) is 5.69 Å². The summed E-state index contributed by atoms with van der Waals surface area (Å²) in [7, 11) is 0. The van der Waals surface area contributed by atoms with E-state index in [1.54, 1.807) is 0 Å². The second-order valence-electron chi connectivity index (χ2n) is 4.83. The lowest BCUT2D eigenvalue weighted by atomic mass is 10.1. The molecule has 0 bridgehead atoms. The van der Waals surface area contributed by atoms with Gasteiger partial charge in [0.2, 0.25) is 0 Å². The first kappa shape index (κ1) is 11.9. The van der Waals surface area contributed by atoms with Gasteiger partial charge in [0, 0.05) is 23.6 Å². The lowest BCUT2D eigenvalue weighted by molar-refractivity contribution is 0.625. The maximum Gasteiger partial charge on any atom is 0.0513 e. The first-order valence-corrected chi connectivity index (χ1v) is 6.66. The fourth-order valence-electron chi connectivity index (χ4n) is 2.55. The first-order valence-electron chi connectivity index (χ1n) is 5.87. The molecule has 2 unspecified atom stereocenters. The Labute approximate surface area is 106 Å². The highest BCUT2D eigenvalue weighted by molar-refractivity contribution is 9.10. The number of hydrogen-bond donors (Lipinski definition) is 1. The van der Waals surface area contributed by atoms with Gasteiger partial charge in [0.1, 0.15) is 0 Å². The Hall–Kier alpha value is -0.540. The van der Waals surface area contributed by atoms with E-state index in [1.807, 2.05) is 0 Å². The second-order valence-corrected chi connectivity index (χ2v) is 5.69. The number of anilines is 1. The summed E-state index contributed by atoms with van der Waals surface area (Å²) < 4.78 is 1.16. The molecule has 1 saturated heterocycles. The largest absolute Gasteiger partial charge is 0.368 e. The number of benzene rings is 1. The van der Waals surface area contributed by atoms with Crippen LogP contribution in [0.1, 0.15) is 25.8 Å². The Morgan fingerprint density at radius 3 is 2.69 bits per heavy atom. The van der Waals surface area contributed by atoms with E-state index in [0.717, 1.165) is 16.9 Å². The molecule has 1 aromatic carbocycles. The number of halogens is 1. The summed E-state index contributed by atoms with van der Waals surface area (Å²) in [4.78, 5) is 2.48. The van der Waals surface area contributed by atoms with E-state index in [4.69, 9.17) is 5.73 Å². The third-order valence-electron chi connectivity index (χ3n) is 3.34. The van der Waals surface area contributed by atoms with E-state index in [9.17, 15) is 0 Å². The topological polar surface area (TPSA) is 29.3 Å². The lowest BCUT2D eigenvalue weighted by Crippen LogP contribution is -2.27. The summed E-state index contributed by atoms with van der Waals surface area (Å²) in [5.41, 5.74) is 8.11. The third-order valence-corrected chi connectivity index (χ3v) is 3.98. The standard InChI is InChI=1S/C13H19BrN2/c1-9-5-10(2)16(8-9)13-4-3-11(7-15)6-12(13)14/h3-4,6,9-10H,5,7-8,15H2,1-2H3. The Balaban J connectivity index is 2.27. The minimum absolute atomic E-state index is 0.602. The maximum absolute atomic E-state index is 5.64. The molecule has 16 heavy (non-hydrogen) atoms. The molecule has 2 N–H and O–H groups in total. The summed E-state index contributed by atoms with van der Waals surface area (Å²) in [5.74, 6) is 0.788. The highest BCUT2D eigenvalue weighted by atomic mass is 79.9.